The molecule has 0 radical (unpaired) electrons. The van der Waals surface area contributed by atoms with Gasteiger partial charge in [0.1, 0.15) is 21.4 Å². The number of pyridine rings is 3. The lowest BCUT2D eigenvalue weighted by Gasteiger charge is -1.96. The molecule has 198 valence electrons. The Morgan fingerprint density at radius 1 is 0.821 bits per heavy atom. The first kappa shape index (κ1) is 30.7. The second kappa shape index (κ2) is 14.0. The minimum atomic E-state index is -1.33. The average Bonchev–Trinajstić information content (AvgIpc) is 3.68. The monoisotopic (exact) mass is 648 g/mol. The highest BCUT2D eigenvalue weighted by Crippen LogP contribution is 2.27. The van der Waals surface area contributed by atoms with Crippen LogP contribution in [0.4, 0.5) is 0 Å². The van der Waals surface area contributed by atoms with Crippen molar-refractivity contribution in [1.29, 1.82) is 10.5 Å². The van der Waals surface area contributed by atoms with Crippen LogP contribution in [0.5, 0.6) is 0 Å². The summed E-state index contributed by atoms with van der Waals surface area (Å²) in [5.41, 5.74) is 2.61. The Balaban J connectivity index is 0.000000148. The summed E-state index contributed by atoms with van der Waals surface area (Å²) in [5, 5.41) is 36.8. The maximum absolute atomic E-state index is 9.25. The van der Waals surface area contributed by atoms with Gasteiger partial charge in [-0.05, 0) is 46.5 Å². The van der Waals surface area contributed by atoms with Crippen molar-refractivity contribution in [3.8, 4) is 11.8 Å². The Morgan fingerprint density at radius 3 is 1.97 bits per heavy atom. The number of aromatic nitrogens is 3. The lowest BCUT2D eigenvalue weighted by Crippen LogP contribution is -2.28. The third-order valence-corrected chi connectivity index (χ3v) is 8.80. The highest BCUT2D eigenvalue weighted by molar-refractivity contribution is 7.17. The van der Waals surface area contributed by atoms with E-state index < -0.39 is 8.07 Å². The van der Waals surface area contributed by atoms with E-state index in [0.29, 0.717) is 15.7 Å². The number of rotatable bonds is 0. The third-order valence-electron chi connectivity index (χ3n) is 4.62. The van der Waals surface area contributed by atoms with Gasteiger partial charge in [-0.15, -0.1) is 22.7 Å². The standard InChI is InChI=1S/C8H3ClN2S.C7H5ClNOS.C7H4ClNS.C4H9NSi/c9-7-3-5(4-10)11-8-6(7)1-2-12-8;8-6-1-3-9(10)7-5(6)2-4-11-7;8-6-1-3-9-7-5(6)2-4-10-7;1-6(2,3)4-5/h1-3H;1-4,10H;1-4H;1-3H3/q;+1;;. The average molecular weight is 650 g/mol. The molecule has 0 aliphatic rings. The van der Waals surface area contributed by atoms with Crippen molar-refractivity contribution in [3.63, 3.8) is 0 Å². The summed E-state index contributed by atoms with van der Waals surface area (Å²) >= 11 is 22.2. The molecular weight excluding hydrogens is 629 g/mol. The van der Waals surface area contributed by atoms with Crippen LogP contribution in [0.2, 0.25) is 34.7 Å². The van der Waals surface area contributed by atoms with Gasteiger partial charge in [0, 0.05) is 33.5 Å². The van der Waals surface area contributed by atoms with Gasteiger partial charge in [-0.2, -0.15) is 5.26 Å². The predicted molar refractivity (Wildman–Crippen MR) is 167 cm³/mol. The van der Waals surface area contributed by atoms with Crippen molar-refractivity contribution in [1.82, 2.24) is 9.97 Å². The van der Waals surface area contributed by atoms with Crippen LogP contribution < -0.4 is 4.73 Å². The van der Waals surface area contributed by atoms with Gasteiger partial charge in [-0.3, -0.25) is 5.21 Å². The van der Waals surface area contributed by atoms with Crippen LogP contribution in [0.15, 0.2) is 64.9 Å². The highest BCUT2D eigenvalue weighted by Gasteiger charge is 2.11. The summed E-state index contributed by atoms with van der Waals surface area (Å²) in [6, 6.07) is 12.8. The molecule has 39 heavy (non-hydrogen) atoms. The van der Waals surface area contributed by atoms with E-state index >= 15 is 0 Å². The SMILES string of the molecule is C[Si](C)(C)C#N.Clc1ccnc2sccc12.N#Cc1cc(Cl)c2ccsc2n1.O[n+]1ccc(Cl)c2ccsc21. The van der Waals surface area contributed by atoms with Crippen molar-refractivity contribution in [2.75, 3.05) is 0 Å². The molecule has 6 nitrogen and oxygen atoms in total. The molecule has 0 spiro atoms. The first-order chi connectivity index (χ1) is 18.5. The molecule has 6 rings (SSSR count). The second-order valence-electron chi connectivity index (χ2n) is 8.68. The largest absolute Gasteiger partial charge is 0.320 e. The Bertz CT molecular complexity index is 1760. The first-order valence-corrected chi connectivity index (χ1v) is 18.4. The maximum Gasteiger partial charge on any atom is 0.320 e. The molecule has 13 heteroatoms. The number of nitriles is 2. The Morgan fingerprint density at radius 2 is 1.38 bits per heavy atom. The fourth-order valence-electron chi connectivity index (χ4n) is 2.76. The quantitative estimate of drug-likeness (QED) is 0.100. The van der Waals surface area contributed by atoms with Crippen molar-refractivity contribution in [3.05, 3.63) is 85.7 Å². The normalized spacial score (nSPS) is 10.4. The summed E-state index contributed by atoms with van der Waals surface area (Å²) in [7, 11) is -1.33. The Kier molecular flexibility index (Phi) is 11.0. The molecule has 0 atom stereocenters. The molecule has 1 N–H and O–H groups in total. The van der Waals surface area contributed by atoms with E-state index in [0.717, 1.165) is 40.4 Å². The van der Waals surface area contributed by atoms with Gasteiger partial charge in [0.05, 0.1) is 20.5 Å². The summed E-state index contributed by atoms with van der Waals surface area (Å²) in [5.74, 6) is 0. The number of hydrogen-bond acceptors (Lipinski definition) is 8. The zero-order valence-corrected chi connectivity index (χ0v) is 26.6. The summed E-state index contributed by atoms with van der Waals surface area (Å²) in [6.07, 6.45) is 3.25. The van der Waals surface area contributed by atoms with Gasteiger partial charge in [-0.25, -0.2) is 15.2 Å². The van der Waals surface area contributed by atoms with Crippen molar-refractivity contribution in [2.45, 2.75) is 19.6 Å². The smallest absolute Gasteiger partial charge is 0.284 e. The number of hydrogen-bond donors (Lipinski definition) is 1. The van der Waals surface area contributed by atoms with Gasteiger partial charge in [0.15, 0.2) is 8.07 Å². The van der Waals surface area contributed by atoms with Gasteiger partial charge >= 0.3 is 4.83 Å². The third kappa shape index (κ3) is 8.59. The van der Waals surface area contributed by atoms with E-state index in [4.69, 9.17) is 45.3 Å². The molecule has 0 aliphatic carbocycles. The van der Waals surface area contributed by atoms with E-state index in [1.807, 2.05) is 60.0 Å². The molecule has 0 bridgehead atoms. The first-order valence-electron chi connectivity index (χ1n) is 11.1. The van der Waals surface area contributed by atoms with Gasteiger partial charge in [0.2, 0.25) is 6.20 Å². The summed E-state index contributed by atoms with van der Waals surface area (Å²) in [4.78, 5) is 10.8. The van der Waals surface area contributed by atoms with Gasteiger partial charge < -0.3 is 0 Å². The summed E-state index contributed by atoms with van der Waals surface area (Å²) in [6.45, 7) is 6.06. The van der Waals surface area contributed by atoms with Crippen LogP contribution in [0.3, 0.4) is 0 Å². The molecular formula is C26H21Cl3N5OS3Si+. The Labute approximate surface area is 253 Å². The van der Waals surface area contributed by atoms with Crippen LogP contribution in [0, 0.1) is 22.3 Å². The molecule has 0 fully saturated rings. The Hall–Kier alpha value is -2.80. The van der Waals surface area contributed by atoms with E-state index in [9.17, 15) is 5.21 Å². The van der Waals surface area contributed by atoms with Gasteiger partial charge in [0.25, 0.3) is 0 Å². The minimum Gasteiger partial charge on any atom is -0.284 e. The molecule has 6 aromatic heterocycles. The number of fused-ring (bicyclic) bond motifs is 3. The molecule has 0 saturated heterocycles. The minimum absolute atomic E-state index is 0.370. The van der Waals surface area contributed by atoms with E-state index in [1.54, 1.807) is 35.7 Å². The molecule has 0 aromatic carbocycles. The fraction of sp³-hybridized carbons (Fsp3) is 0.115. The molecule has 0 unspecified atom stereocenters. The van der Waals surface area contributed by atoms with E-state index in [1.165, 1.54) is 28.9 Å². The zero-order valence-electron chi connectivity index (χ0n) is 20.9. The topological polar surface area (TPSA) is 97.5 Å². The zero-order chi connectivity index (χ0) is 28.6. The van der Waals surface area contributed by atoms with Gasteiger partial charge in [-0.1, -0.05) is 65.8 Å². The fourth-order valence-corrected chi connectivity index (χ4v) is 5.96. The maximum atomic E-state index is 9.25. The molecule has 0 aliphatic heterocycles. The second-order valence-corrected chi connectivity index (χ2v) is 17.3. The number of thiophene rings is 3. The molecule has 0 amide bonds. The van der Waals surface area contributed by atoms with Crippen LogP contribution in [0.25, 0.3) is 30.6 Å². The van der Waals surface area contributed by atoms with Crippen molar-refractivity contribution in [2.24, 2.45) is 0 Å². The van der Waals surface area contributed by atoms with Crippen LogP contribution in [-0.4, -0.2) is 23.2 Å². The van der Waals surface area contributed by atoms with Crippen molar-refractivity contribution < 1.29 is 9.94 Å². The van der Waals surface area contributed by atoms with Crippen LogP contribution in [0.1, 0.15) is 5.69 Å². The summed E-state index contributed by atoms with van der Waals surface area (Å²) < 4.78 is 1.08. The van der Waals surface area contributed by atoms with E-state index in [-0.39, 0.29) is 0 Å². The molecule has 0 saturated carbocycles. The lowest BCUT2D eigenvalue weighted by molar-refractivity contribution is -0.883. The highest BCUT2D eigenvalue weighted by atomic mass is 35.5. The molecule has 6 heterocycles. The van der Waals surface area contributed by atoms with Crippen molar-refractivity contribution >= 4 is 108 Å². The lowest BCUT2D eigenvalue weighted by atomic mass is 10.3. The van der Waals surface area contributed by atoms with E-state index in [2.05, 4.69) is 15.7 Å². The predicted octanol–water partition coefficient (Wildman–Crippen LogP) is 9.24. The number of nitrogens with zero attached hydrogens (tertiary/aromatic N) is 5. The van der Waals surface area contributed by atoms with Crippen LogP contribution >= 0.6 is 68.8 Å². The molecule has 6 aromatic rings. The number of halogens is 3. The van der Waals surface area contributed by atoms with Crippen LogP contribution in [-0.2, 0) is 0 Å².